The molecule has 0 saturated heterocycles. The summed E-state index contributed by atoms with van der Waals surface area (Å²) < 4.78 is 5.66. The van der Waals surface area contributed by atoms with Gasteiger partial charge in [0.1, 0.15) is 11.4 Å². The summed E-state index contributed by atoms with van der Waals surface area (Å²) in [6.07, 6.45) is 0. The zero-order valence-electron chi connectivity index (χ0n) is 19.2. The Balaban J connectivity index is 2.82. The molecule has 0 fully saturated rings. The molecule has 6 nitrogen and oxygen atoms in total. The summed E-state index contributed by atoms with van der Waals surface area (Å²) in [6.45, 7) is 9.69. The number of ether oxygens (including phenoxy) is 1. The van der Waals surface area contributed by atoms with Crippen molar-refractivity contribution in [3.05, 3.63) is 59.2 Å². The number of amides is 1. The number of likely N-dealkylation sites (N-methyl/N-ethyl adjacent to an activating group) is 1. The van der Waals surface area contributed by atoms with E-state index in [2.05, 4.69) is 26.3 Å². The van der Waals surface area contributed by atoms with E-state index in [1.54, 1.807) is 25.3 Å². The highest BCUT2D eigenvalue weighted by molar-refractivity contribution is 5.72. The number of para-hydroxylation sites is 1. The monoisotopic (exact) mass is 414 g/mol. The van der Waals surface area contributed by atoms with Crippen molar-refractivity contribution < 1.29 is 19.5 Å². The zero-order chi connectivity index (χ0) is 22.7. The fraction of sp³-hybridized carbons (Fsp3) is 0.458. The smallest absolute Gasteiger partial charge is 0.249 e. The maximum atomic E-state index is 12.3. The highest BCUT2D eigenvalue weighted by Crippen LogP contribution is 2.44. The lowest BCUT2D eigenvalue weighted by Crippen LogP contribution is -2.47. The first-order chi connectivity index (χ1) is 13.9. The van der Waals surface area contributed by atoms with Crippen LogP contribution in [0.1, 0.15) is 51.3 Å². The summed E-state index contributed by atoms with van der Waals surface area (Å²) in [5.74, 6) is 0.613. The summed E-state index contributed by atoms with van der Waals surface area (Å²) in [4.78, 5) is 18.9. The number of methoxy groups -OCH3 is 1. The number of hydroxylamine groups is 1. The van der Waals surface area contributed by atoms with Gasteiger partial charge in [0, 0.05) is 24.1 Å². The maximum absolute atomic E-state index is 12.3. The van der Waals surface area contributed by atoms with E-state index in [0.29, 0.717) is 22.6 Å². The van der Waals surface area contributed by atoms with Gasteiger partial charge in [0.2, 0.25) is 5.91 Å². The van der Waals surface area contributed by atoms with Crippen LogP contribution in [0, 0.1) is 0 Å². The molecule has 0 aromatic heterocycles. The molecule has 0 aliphatic carbocycles. The third kappa shape index (κ3) is 4.77. The normalized spacial score (nSPS) is 14.7. The number of benzene rings is 2. The van der Waals surface area contributed by atoms with Gasteiger partial charge in [0.05, 0.1) is 7.11 Å². The molecule has 2 atom stereocenters. The average Bonchev–Trinajstić information content (AvgIpc) is 2.70. The van der Waals surface area contributed by atoms with E-state index in [4.69, 9.17) is 9.57 Å². The first-order valence-corrected chi connectivity index (χ1v) is 10.0. The molecule has 0 spiro atoms. The van der Waals surface area contributed by atoms with Gasteiger partial charge in [-0.2, -0.15) is 5.48 Å². The highest BCUT2D eigenvalue weighted by atomic mass is 16.7. The molecule has 0 saturated carbocycles. The first-order valence-electron chi connectivity index (χ1n) is 10.0. The quantitative estimate of drug-likeness (QED) is 0.678. The number of nitrogens with one attached hydrogen (secondary N) is 1. The lowest BCUT2D eigenvalue weighted by atomic mass is 9.76. The Morgan fingerprint density at radius 3 is 2.23 bits per heavy atom. The second kappa shape index (κ2) is 9.06. The van der Waals surface area contributed by atoms with Gasteiger partial charge in [-0.1, -0.05) is 45.0 Å². The van der Waals surface area contributed by atoms with E-state index in [9.17, 15) is 9.90 Å². The molecule has 164 valence electrons. The third-order valence-electron chi connectivity index (χ3n) is 5.46. The van der Waals surface area contributed by atoms with Gasteiger partial charge < -0.3 is 19.6 Å². The second-order valence-corrected chi connectivity index (χ2v) is 8.83. The molecule has 2 rings (SSSR count). The maximum Gasteiger partial charge on any atom is 0.249 e. The molecule has 2 aromatic carbocycles. The van der Waals surface area contributed by atoms with Gasteiger partial charge in [-0.25, -0.2) is 0 Å². The molecule has 0 radical (unpaired) electrons. The van der Waals surface area contributed by atoms with Gasteiger partial charge in [0.25, 0.3) is 0 Å². The van der Waals surface area contributed by atoms with Crippen LogP contribution >= 0.6 is 0 Å². The fourth-order valence-corrected chi connectivity index (χ4v) is 3.44. The van der Waals surface area contributed by atoms with Gasteiger partial charge in [-0.05, 0) is 50.2 Å². The Labute approximate surface area is 179 Å². The van der Waals surface area contributed by atoms with Crippen LogP contribution in [-0.4, -0.2) is 43.2 Å². The number of carbonyl (C=O) groups excluding carboxylic acids is 1. The first kappa shape index (κ1) is 23.7. The zero-order valence-corrected chi connectivity index (χ0v) is 19.2. The van der Waals surface area contributed by atoms with Crippen LogP contribution in [-0.2, 0) is 15.8 Å². The summed E-state index contributed by atoms with van der Waals surface area (Å²) in [5.41, 5.74) is 3.01. The molecule has 0 heterocycles. The van der Waals surface area contributed by atoms with Gasteiger partial charge in [-0.15, -0.1) is 0 Å². The molecular formula is C24H34N2O4. The Morgan fingerprint density at radius 2 is 1.70 bits per heavy atom. The summed E-state index contributed by atoms with van der Waals surface area (Å²) in [6, 6.07) is 12.7. The standard InChI is InChI=1S/C24H34N2O4/c1-16(26(6)7)24(28,19-11-9-10-12-22(19)30-25-17(2)27)20-15-18(23(3,4)5)13-14-21(20)29-8/h9-16,28H,1-8H3,(H,25,27). The van der Waals surface area contributed by atoms with Gasteiger partial charge >= 0.3 is 0 Å². The largest absolute Gasteiger partial charge is 0.496 e. The van der Waals surface area contributed by atoms with Crippen LogP contribution < -0.4 is 15.1 Å². The van der Waals surface area contributed by atoms with E-state index >= 15 is 0 Å². The molecular weight excluding hydrogens is 380 g/mol. The average molecular weight is 415 g/mol. The lowest BCUT2D eigenvalue weighted by molar-refractivity contribution is -0.125. The molecule has 2 aromatic rings. The predicted molar refractivity (Wildman–Crippen MR) is 119 cm³/mol. The van der Waals surface area contributed by atoms with Crippen molar-refractivity contribution in [2.45, 2.75) is 51.7 Å². The third-order valence-corrected chi connectivity index (χ3v) is 5.46. The highest BCUT2D eigenvalue weighted by Gasteiger charge is 2.44. The van der Waals surface area contributed by atoms with Crippen LogP contribution in [0.25, 0.3) is 0 Å². The van der Waals surface area contributed by atoms with Crippen LogP contribution in [0.15, 0.2) is 42.5 Å². The molecule has 0 bridgehead atoms. The topological polar surface area (TPSA) is 71.0 Å². The number of carbonyl (C=O) groups is 1. The van der Waals surface area contributed by atoms with E-state index in [-0.39, 0.29) is 17.4 Å². The molecule has 30 heavy (non-hydrogen) atoms. The minimum Gasteiger partial charge on any atom is -0.496 e. The summed E-state index contributed by atoms with van der Waals surface area (Å²) >= 11 is 0. The number of nitrogens with zero attached hydrogens (tertiary/aromatic N) is 1. The number of aliphatic hydroxyl groups is 1. The van der Waals surface area contributed by atoms with Crippen LogP contribution in [0.4, 0.5) is 0 Å². The van der Waals surface area contributed by atoms with Crippen molar-refractivity contribution in [3.8, 4) is 11.5 Å². The molecule has 0 aliphatic rings. The van der Waals surface area contributed by atoms with Crippen molar-refractivity contribution in [2.75, 3.05) is 21.2 Å². The lowest BCUT2D eigenvalue weighted by Gasteiger charge is -2.40. The van der Waals surface area contributed by atoms with Crippen LogP contribution in [0.2, 0.25) is 0 Å². The van der Waals surface area contributed by atoms with Crippen molar-refractivity contribution in [1.29, 1.82) is 0 Å². The van der Waals surface area contributed by atoms with Crippen molar-refractivity contribution >= 4 is 5.91 Å². The minimum atomic E-state index is -1.48. The molecule has 0 aliphatic heterocycles. The molecule has 2 unspecified atom stereocenters. The SMILES string of the molecule is COc1ccc(C(C)(C)C)cc1C(O)(c1ccccc1ONC(C)=O)C(C)N(C)C. The van der Waals surface area contributed by atoms with Gasteiger partial charge in [0.15, 0.2) is 5.75 Å². The number of hydrogen-bond acceptors (Lipinski definition) is 5. The summed E-state index contributed by atoms with van der Waals surface area (Å²) in [7, 11) is 5.41. The Hall–Kier alpha value is -2.57. The van der Waals surface area contributed by atoms with E-state index < -0.39 is 5.60 Å². The number of rotatable bonds is 7. The van der Waals surface area contributed by atoms with Crippen molar-refractivity contribution in [1.82, 2.24) is 10.4 Å². The van der Waals surface area contributed by atoms with Gasteiger partial charge in [-0.3, -0.25) is 4.79 Å². The second-order valence-electron chi connectivity index (χ2n) is 8.83. The Morgan fingerprint density at radius 1 is 1.07 bits per heavy atom. The molecule has 6 heteroatoms. The van der Waals surface area contributed by atoms with Crippen molar-refractivity contribution in [3.63, 3.8) is 0 Å². The van der Waals surface area contributed by atoms with Crippen LogP contribution in [0.5, 0.6) is 11.5 Å². The Bertz CT molecular complexity index is 889. The van der Waals surface area contributed by atoms with Crippen molar-refractivity contribution in [2.24, 2.45) is 0 Å². The van der Waals surface area contributed by atoms with E-state index in [1.165, 1.54) is 6.92 Å². The summed E-state index contributed by atoms with van der Waals surface area (Å²) in [5, 5.41) is 12.3. The van der Waals surface area contributed by atoms with E-state index in [1.807, 2.05) is 50.2 Å². The molecule has 2 N–H and O–H groups in total. The minimum absolute atomic E-state index is 0.116. The fourth-order valence-electron chi connectivity index (χ4n) is 3.44. The number of hydrogen-bond donors (Lipinski definition) is 2. The Kier molecular flexibility index (Phi) is 7.16. The van der Waals surface area contributed by atoms with E-state index in [0.717, 1.165) is 5.56 Å². The molecule has 1 amide bonds. The van der Waals surface area contributed by atoms with Crippen LogP contribution in [0.3, 0.4) is 0 Å². The predicted octanol–water partition coefficient (Wildman–Crippen LogP) is 3.61.